The second-order valence-corrected chi connectivity index (χ2v) is 7.51. The Hall–Kier alpha value is -2.42. The van der Waals surface area contributed by atoms with E-state index in [-0.39, 0.29) is 18.1 Å². The second kappa shape index (κ2) is 10.1. The van der Waals surface area contributed by atoms with Gasteiger partial charge in [-0.3, -0.25) is 4.18 Å². The lowest BCUT2D eigenvalue weighted by molar-refractivity contribution is 0.00876. The fraction of sp³-hybridized carbons (Fsp3) is 0.333. The molecule has 27 heavy (non-hydrogen) atoms. The van der Waals surface area contributed by atoms with Crippen molar-refractivity contribution >= 4 is 10.1 Å². The summed E-state index contributed by atoms with van der Waals surface area (Å²) in [6, 6.07) is 14.4. The van der Waals surface area contributed by atoms with E-state index in [2.05, 4.69) is 10.0 Å². The summed E-state index contributed by atoms with van der Waals surface area (Å²) in [4.78, 5) is 2.63. The summed E-state index contributed by atoms with van der Waals surface area (Å²) in [5.74, 6) is 0. The first kappa shape index (κ1) is 20.9. The highest BCUT2D eigenvalue weighted by Gasteiger charge is 2.23. The van der Waals surface area contributed by atoms with Crippen LogP contribution in [-0.4, -0.2) is 38.9 Å². The van der Waals surface area contributed by atoms with Gasteiger partial charge in [-0.1, -0.05) is 53.1 Å². The summed E-state index contributed by atoms with van der Waals surface area (Å²) in [6.07, 6.45) is -1.21. The Labute approximate surface area is 158 Å². The third kappa shape index (κ3) is 6.67. The number of aryl methyl sites for hydroxylation is 1. The molecule has 0 bridgehead atoms. The molecule has 0 fully saturated rings. The number of aliphatic hydroxyl groups is 1. The molecule has 2 aromatic rings. The lowest BCUT2D eigenvalue weighted by Crippen LogP contribution is -2.33. The van der Waals surface area contributed by atoms with E-state index >= 15 is 0 Å². The van der Waals surface area contributed by atoms with E-state index in [1.807, 2.05) is 37.3 Å². The van der Waals surface area contributed by atoms with Crippen molar-refractivity contribution < 1.29 is 22.4 Å². The maximum atomic E-state index is 12.2. The third-order valence-electron chi connectivity index (χ3n) is 3.75. The first-order chi connectivity index (χ1) is 12.9. The van der Waals surface area contributed by atoms with Crippen molar-refractivity contribution in [3.8, 4) is 0 Å². The summed E-state index contributed by atoms with van der Waals surface area (Å²) in [6.45, 7) is 1.48. The maximum absolute atomic E-state index is 12.2. The number of aliphatic hydroxyl groups excluding tert-OH is 1. The van der Waals surface area contributed by atoms with Gasteiger partial charge in [0.05, 0.1) is 36.9 Å². The van der Waals surface area contributed by atoms with Crippen LogP contribution in [0.4, 0.5) is 0 Å². The van der Waals surface area contributed by atoms with E-state index in [0.29, 0.717) is 0 Å². The van der Waals surface area contributed by atoms with Gasteiger partial charge >= 0.3 is 0 Å². The van der Waals surface area contributed by atoms with Crippen LogP contribution in [0.15, 0.2) is 64.6 Å². The topological polar surface area (TPSA) is 122 Å². The minimum absolute atomic E-state index is 0.0115. The smallest absolute Gasteiger partial charge is 0.296 e. The number of azide groups is 1. The van der Waals surface area contributed by atoms with Crippen LogP contribution in [-0.2, 0) is 25.6 Å². The number of nitrogens with zero attached hydrogens (tertiary/aromatic N) is 3. The number of rotatable bonds is 10. The molecule has 0 heterocycles. The van der Waals surface area contributed by atoms with Gasteiger partial charge in [-0.05, 0) is 30.2 Å². The molecule has 0 aliphatic carbocycles. The summed E-state index contributed by atoms with van der Waals surface area (Å²) in [5.41, 5.74) is 10.5. The fourth-order valence-corrected chi connectivity index (χ4v) is 3.13. The molecule has 8 nitrogen and oxygen atoms in total. The molecule has 0 saturated heterocycles. The standard InChI is InChI=1S/C18H21N3O5S/c1-14-7-9-16(10-8-14)27(23,24)26-12-17(20-21-19)18(22)13-25-11-15-5-3-2-4-6-15/h2-10,17-18,22H,11-13H2,1H3. The Kier molecular flexibility index (Phi) is 7.78. The molecule has 0 radical (unpaired) electrons. The average Bonchev–Trinajstić information content (AvgIpc) is 2.66. The van der Waals surface area contributed by atoms with Crippen molar-refractivity contribution in [2.24, 2.45) is 5.11 Å². The average molecular weight is 391 g/mol. The summed E-state index contributed by atoms with van der Waals surface area (Å²) >= 11 is 0. The van der Waals surface area contributed by atoms with Gasteiger partial charge in [0.25, 0.3) is 10.1 Å². The van der Waals surface area contributed by atoms with Gasteiger partial charge < -0.3 is 9.84 Å². The number of benzene rings is 2. The molecule has 0 aromatic heterocycles. The highest BCUT2D eigenvalue weighted by molar-refractivity contribution is 7.86. The summed E-state index contributed by atoms with van der Waals surface area (Å²) in [7, 11) is -4.02. The van der Waals surface area contributed by atoms with Gasteiger partial charge in [0.15, 0.2) is 0 Å². The van der Waals surface area contributed by atoms with Crippen LogP contribution in [0.2, 0.25) is 0 Å². The van der Waals surface area contributed by atoms with Gasteiger partial charge in [0.1, 0.15) is 0 Å². The van der Waals surface area contributed by atoms with E-state index in [0.717, 1.165) is 11.1 Å². The molecule has 0 spiro atoms. The molecule has 1 N–H and O–H groups in total. The van der Waals surface area contributed by atoms with Crippen molar-refractivity contribution in [2.75, 3.05) is 13.2 Å². The largest absolute Gasteiger partial charge is 0.390 e. The highest BCUT2D eigenvalue weighted by atomic mass is 32.2. The number of hydrogen-bond donors (Lipinski definition) is 1. The van der Waals surface area contributed by atoms with Crippen LogP contribution in [0.1, 0.15) is 11.1 Å². The lowest BCUT2D eigenvalue weighted by atomic mass is 10.2. The number of hydrogen-bond acceptors (Lipinski definition) is 6. The van der Waals surface area contributed by atoms with Gasteiger partial charge in [0.2, 0.25) is 0 Å². The second-order valence-electron chi connectivity index (χ2n) is 5.89. The van der Waals surface area contributed by atoms with Crippen LogP contribution < -0.4 is 0 Å². The Morgan fingerprint density at radius 1 is 1.11 bits per heavy atom. The molecule has 0 saturated carbocycles. The molecule has 144 valence electrons. The Morgan fingerprint density at radius 3 is 2.41 bits per heavy atom. The van der Waals surface area contributed by atoms with E-state index in [1.165, 1.54) is 12.1 Å². The highest BCUT2D eigenvalue weighted by Crippen LogP contribution is 2.15. The predicted octanol–water partition coefficient (Wildman–Crippen LogP) is 2.96. The van der Waals surface area contributed by atoms with Gasteiger partial charge in [-0.2, -0.15) is 8.42 Å². The van der Waals surface area contributed by atoms with E-state index in [1.54, 1.807) is 12.1 Å². The molecule has 0 amide bonds. The maximum Gasteiger partial charge on any atom is 0.296 e. The molecular formula is C18H21N3O5S. The first-order valence-electron chi connectivity index (χ1n) is 8.22. The van der Waals surface area contributed by atoms with Crippen LogP contribution >= 0.6 is 0 Å². The molecular weight excluding hydrogens is 370 g/mol. The van der Waals surface area contributed by atoms with Crippen molar-refractivity contribution in [3.63, 3.8) is 0 Å². The monoisotopic (exact) mass is 391 g/mol. The molecule has 2 aromatic carbocycles. The van der Waals surface area contributed by atoms with Crippen molar-refractivity contribution in [2.45, 2.75) is 30.6 Å². The van der Waals surface area contributed by atoms with Crippen LogP contribution in [0, 0.1) is 6.92 Å². The molecule has 2 rings (SSSR count). The quantitative estimate of drug-likeness (QED) is 0.289. The van der Waals surface area contributed by atoms with Crippen LogP contribution in [0.25, 0.3) is 10.4 Å². The van der Waals surface area contributed by atoms with Crippen molar-refractivity contribution in [1.82, 2.24) is 0 Å². The van der Waals surface area contributed by atoms with Gasteiger partial charge in [-0.15, -0.1) is 0 Å². The van der Waals surface area contributed by atoms with E-state index < -0.39 is 28.9 Å². The van der Waals surface area contributed by atoms with Crippen LogP contribution in [0.5, 0.6) is 0 Å². The van der Waals surface area contributed by atoms with E-state index in [4.69, 9.17) is 14.5 Å². The molecule has 0 aliphatic heterocycles. The number of ether oxygens (including phenoxy) is 1. The van der Waals surface area contributed by atoms with Crippen LogP contribution in [0.3, 0.4) is 0 Å². The first-order valence-corrected chi connectivity index (χ1v) is 9.63. The fourth-order valence-electron chi connectivity index (χ4n) is 2.20. The zero-order valence-electron chi connectivity index (χ0n) is 14.8. The zero-order valence-corrected chi connectivity index (χ0v) is 15.6. The molecule has 2 unspecified atom stereocenters. The molecule has 2 atom stereocenters. The van der Waals surface area contributed by atoms with Gasteiger partial charge in [0, 0.05) is 4.91 Å². The SMILES string of the molecule is Cc1ccc(S(=O)(=O)OCC(N=[N+]=[N-])C(O)COCc2ccccc2)cc1. The lowest BCUT2D eigenvalue weighted by Gasteiger charge is -2.18. The Bertz CT molecular complexity index is 866. The third-order valence-corrected chi connectivity index (χ3v) is 5.04. The normalized spacial score (nSPS) is 13.6. The molecule has 9 heteroatoms. The summed E-state index contributed by atoms with van der Waals surface area (Å²) < 4.78 is 34.8. The molecule has 0 aliphatic rings. The Balaban J connectivity index is 1.91. The minimum Gasteiger partial charge on any atom is -0.390 e. The van der Waals surface area contributed by atoms with Crippen molar-refractivity contribution in [3.05, 3.63) is 76.2 Å². The van der Waals surface area contributed by atoms with Gasteiger partial charge in [-0.25, -0.2) is 0 Å². The summed E-state index contributed by atoms with van der Waals surface area (Å²) in [5, 5.41) is 13.6. The minimum atomic E-state index is -4.02. The zero-order chi connectivity index (χ0) is 19.7. The Morgan fingerprint density at radius 2 is 1.78 bits per heavy atom. The van der Waals surface area contributed by atoms with E-state index in [9.17, 15) is 13.5 Å². The predicted molar refractivity (Wildman–Crippen MR) is 99.4 cm³/mol. The van der Waals surface area contributed by atoms with Crippen molar-refractivity contribution in [1.29, 1.82) is 0 Å².